The number of aromatic nitrogens is 2. The summed E-state index contributed by atoms with van der Waals surface area (Å²) in [6.07, 6.45) is 0. The molecule has 2 nitrogen and oxygen atoms in total. The van der Waals surface area contributed by atoms with E-state index in [1.165, 1.54) is 0 Å². The Labute approximate surface area is 207 Å². The highest BCUT2D eigenvalue weighted by Gasteiger charge is 2.14. The zero-order chi connectivity index (χ0) is 23.1. The molecule has 0 unspecified atom stereocenters. The quantitative estimate of drug-likeness (QED) is 0.254. The van der Waals surface area contributed by atoms with Crippen LogP contribution in [0.5, 0.6) is 0 Å². The summed E-state index contributed by atoms with van der Waals surface area (Å²) in [5.41, 5.74) is 7.72. The van der Waals surface area contributed by atoms with Crippen LogP contribution in [0.15, 0.2) is 109 Å². The molecule has 0 radical (unpaired) electrons. The van der Waals surface area contributed by atoms with Crippen LogP contribution in [0.25, 0.3) is 55.4 Å². The van der Waals surface area contributed by atoms with Crippen LogP contribution in [-0.4, -0.2) is 9.97 Å². The second-order valence-electron chi connectivity index (χ2n) is 8.17. The molecule has 0 aliphatic rings. The number of hydrogen-bond acceptors (Lipinski definition) is 2. The first-order valence-corrected chi connectivity index (χ1v) is 11.7. The predicted molar refractivity (Wildman–Crippen MR) is 143 cm³/mol. The topological polar surface area (TPSA) is 25.8 Å². The van der Waals surface area contributed by atoms with Gasteiger partial charge < -0.3 is 0 Å². The molecule has 0 saturated heterocycles. The van der Waals surface area contributed by atoms with Crippen LogP contribution < -0.4 is 0 Å². The fourth-order valence-corrected chi connectivity index (χ4v) is 4.72. The minimum absolute atomic E-state index is 0.686. The number of halogens is 2. The standard InChI is InChI=1S/C30H18Cl2N2/c31-21-11-13-27-25(15-21)23(19-7-3-1-4-8-19)17-29(33-27)30-18-24(20-9-5-2-6-10-20)26-16-22(32)12-14-28(26)34-30/h1-18H. The van der Waals surface area contributed by atoms with Crippen LogP contribution in [-0.2, 0) is 0 Å². The molecule has 0 spiro atoms. The highest BCUT2D eigenvalue weighted by atomic mass is 35.5. The fraction of sp³-hybridized carbons (Fsp3) is 0. The summed E-state index contributed by atoms with van der Waals surface area (Å²) >= 11 is 12.7. The van der Waals surface area contributed by atoms with Crippen molar-refractivity contribution in [3.05, 3.63) is 119 Å². The first-order valence-electron chi connectivity index (χ1n) is 11.0. The molecule has 2 aromatic heterocycles. The third-order valence-corrected chi connectivity index (χ3v) is 6.44. The number of pyridine rings is 2. The van der Waals surface area contributed by atoms with Crippen LogP contribution in [0.3, 0.4) is 0 Å². The summed E-state index contributed by atoms with van der Waals surface area (Å²) in [4.78, 5) is 9.97. The van der Waals surface area contributed by atoms with E-state index < -0.39 is 0 Å². The highest BCUT2D eigenvalue weighted by molar-refractivity contribution is 6.32. The predicted octanol–water partition coefficient (Wildman–Crippen LogP) is 9.09. The first kappa shape index (κ1) is 20.9. The van der Waals surface area contributed by atoms with E-state index in [2.05, 4.69) is 36.4 Å². The molecular formula is C30H18Cl2N2. The molecule has 0 fully saturated rings. The van der Waals surface area contributed by atoms with Gasteiger partial charge in [-0.2, -0.15) is 0 Å². The summed E-state index contributed by atoms with van der Waals surface area (Å²) in [6, 6.07) is 36.4. The lowest BCUT2D eigenvalue weighted by Gasteiger charge is -2.13. The molecule has 162 valence electrons. The van der Waals surface area contributed by atoms with Gasteiger partial charge in [-0.05, 0) is 70.8 Å². The normalized spacial score (nSPS) is 11.2. The van der Waals surface area contributed by atoms with Gasteiger partial charge in [0.25, 0.3) is 0 Å². The van der Waals surface area contributed by atoms with E-state index in [1.807, 2.05) is 72.8 Å². The lowest BCUT2D eigenvalue weighted by molar-refractivity contribution is 1.32. The van der Waals surface area contributed by atoms with Gasteiger partial charge in [0.1, 0.15) is 0 Å². The molecule has 0 bridgehead atoms. The van der Waals surface area contributed by atoms with Gasteiger partial charge in [0.15, 0.2) is 0 Å². The van der Waals surface area contributed by atoms with Crippen LogP contribution in [0.1, 0.15) is 0 Å². The lowest BCUT2D eigenvalue weighted by Crippen LogP contribution is -1.94. The summed E-state index contributed by atoms with van der Waals surface area (Å²) in [5.74, 6) is 0. The van der Waals surface area contributed by atoms with Crippen LogP contribution in [0, 0.1) is 0 Å². The number of benzene rings is 4. The Kier molecular flexibility index (Phi) is 5.26. The molecule has 34 heavy (non-hydrogen) atoms. The molecule has 0 aliphatic carbocycles. The van der Waals surface area contributed by atoms with E-state index in [0.29, 0.717) is 10.0 Å². The zero-order valence-corrected chi connectivity index (χ0v) is 19.6. The third-order valence-electron chi connectivity index (χ3n) is 5.97. The Bertz CT molecular complexity index is 1540. The van der Waals surface area contributed by atoms with Crippen molar-refractivity contribution in [2.75, 3.05) is 0 Å². The maximum Gasteiger partial charge on any atom is 0.0900 e. The summed E-state index contributed by atoms with van der Waals surface area (Å²) in [7, 11) is 0. The van der Waals surface area contributed by atoms with E-state index in [4.69, 9.17) is 33.2 Å². The van der Waals surface area contributed by atoms with Gasteiger partial charge >= 0.3 is 0 Å². The number of rotatable bonds is 3. The Morgan fingerprint density at radius 3 is 1.26 bits per heavy atom. The van der Waals surface area contributed by atoms with Crippen molar-refractivity contribution in [2.24, 2.45) is 0 Å². The maximum absolute atomic E-state index is 6.35. The molecule has 0 N–H and O–H groups in total. The van der Waals surface area contributed by atoms with Gasteiger partial charge in [-0.1, -0.05) is 83.9 Å². The monoisotopic (exact) mass is 476 g/mol. The molecule has 4 heteroatoms. The first-order chi connectivity index (χ1) is 16.7. The molecule has 6 rings (SSSR count). The SMILES string of the molecule is Clc1ccc2nc(-c3cc(-c4ccccc4)c4cc(Cl)ccc4n3)cc(-c3ccccc3)c2c1. The van der Waals surface area contributed by atoms with E-state index in [0.717, 1.165) is 55.4 Å². The maximum atomic E-state index is 6.35. The van der Waals surface area contributed by atoms with Crippen molar-refractivity contribution >= 4 is 45.0 Å². The Morgan fingerprint density at radius 2 is 0.853 bits per heavy atom. The van der Waals surface area contributed by atoms with Gasteiger partial charge in [0.05, 0.1) is 22.4 Å². The average molecular weight is 477 g/mol. The third kappa shape index (κ3) is 3.81. The minimum Gasteiger partial charge on any atom is -0.246 e. The zero-order valence-electron chi connectivity index (χ0n) is 18.0. The van der Waals surface area contributed by atoms with Crippen molar-refractivity contribution in [1.29, 1.82) is 0 Å². The Balaban J connectivity index is 1.65. The lowest BCUT2D eigenvalue weighted by atomic mass is 9.97. The number of nitrogens with zero attached hydrogens (tertiary/aromatic N) is 2. The van der Waals surface area contributed by atoms with E-state index in [-0.39, 0.29) is 0 Å². The molecule has 0 atom stereocenters. The van der Waals surface area contributed by atoms with Crippen molar-refractivity contribution in [3.8, 4) is 33.6 Å². The van der Waals surface area contributed by atoms with Gasteiger partial charge in [0, 0.05) is 20.8 Å². The van der Waals surface area contributed by atoms with Crippen molar-refractivity contribution in [3.63, 3.8) is 0 Å². The molecule has 0 amide bonds. The Hall–Kier alpha value is -3.72. The van der Waals surface area contributed by atoms with Crippen LogP contribution in [0.2, 0.25) is 10.0 Å². The van der Waals surface area contributed by atoms with E-state index in [1.54, 1.807) is 0 Å². The van der Waals surface area contributed by atoms with E-state index in [9.17, 15) is 0 Å². The molecule has 2 heterocycles. The van der Waals surface area contributed by atoms with Crippen LogP contribution in [0.4, 0.5) is 0 Å². The summed E-state index contributed by atoms with van der Waals surface area (Å²) < 4.78 is 0. The second kappa shape index (κ2) is 8.57. The summed E-state index contributed by atoms with van der Waals surface area (Å²) in [5, 5.41) is 3.40. The Morgan fingerprint density at radius 1 is 0.441 bits per heavy atom. The number of fused-ring (bicyclic) bond motifs is 2. The largest absolute Gasteiger partial charge is 0.246 e. The van der Waals surface area contributed by atoms with Gasteiger partial charge in [-0.25, -0.2) is 9.97 Å². The van der Waals surface area contributed by atoms with Crippen LogP contribution >= 0.6 is 23.2 Å². The molecule has 0 aliphatic heterocycles. The molecule has 6 aromatic rings. The van der Waals surface area contributed by atoms with Crippen molar-refractivity contribution in [2.45, 2.75) is 0 Å². The van der Waals surface area contributed by atoms with E-state index >= 15 is 0 Å². The second-order valence-corrected chi connectivity index (χ2v) is 9.04. The number of hydrogen-bond donors (Lipinski definition) is 0. The summed E-state index contributed by atoms with van der Waals surface area (Å²) in [6.45, 7) is 0. The van der Waals surface area contributed by atoms with Gasteiger partial charge in [-0.15, -0.1) is 0 Å². The molecular weight excluding hydrogens is 459 g/mol. The van der Waals surface area contributed by atoms with Crippen molar-refractivity contribution in [1.82, 2.24) is 9.97 Å². The van der Waals surface area contributed by atoms with Gasteiger partial charge in [-0.3, -0.25) is 0 Å². The van der Waals surface area contributed by atoms with Crippen molar-refractivity contribution < 1.29 is 0 Å². The fourth-order valence-electron chi connectivity index (χ4n) is 4.37. The highest BCUT2D eigenvalue weighted by Crippen LogP contribution is 2.36. The van der Waals surface area contributed by atoms with Gasteiger partial charge in [0.2, 0.25) is 0 Å². The molecule has 0 saturated carbocycles. The minimum atomic E-state index is 0.686. The average Bonchev–Trinajstić information content (AvgIpc) is 2.88. The smallest absolute Gasteiger partial charge is 0.0900 e. The molecule has 4 aromatic carbocycles.